The Morgan fingerprint density at radius 1 is 1.32 bits per heavy atom. The second-order valence-corrected chi connectivity index (χ2v) is 4.94. The van der Waals surface area contributed by atoms with E-state index in [9.17, 15) is 4.79 Å². The average Bonchev–Trinajstić information content (AvgIpc) is 2.49. The van der Waals surface area contributed by atoms with E-state index in [1.165, 1.54) is 5.56 Å². The van der Waals surface area contributed by atoms with Crippen molar-refractivity contribution in [2.45, 2.75) is 12.8 Å². The summed E-state index contributed by atoms with van der Waals surface area (Å²) in [5.41, 5.74) is 1.30. The number of carbonyl (C=O) groups excluding carboxylic acids is 1. The number of ether oxygens (including phenoxy) is 1. The fourth-order valence-electron chi connectivity index (χ4n) is 2.22. The minimum absolute atomic E-state index is 0.170. The summed E-state index contributed by atoms with van der Waals surface area (Å²) < 4.78 is 5.24. The van der Waals surface area contributed by atoms with Crippen LogP contribution in [0.2, 0.25) is 0 Å². The van der Waals surface area contributed by atoms with Crippen molar-refractivity contribution < 1.29 is 9.53 Å². The summed E-state index contributed by atoms with van der Waals surface area (Å²) in [5.74, 6) is 0.585. The second-order valence-electron chi connectivity index (χ2n) is 4.94. The van der Waals surface area contributed by atoms with Gasteiger partial charge in [0.25, 0.3) is 0 Å². The fraction of sp³-hybridized carbons (Fsp3) is 0.533. The minimum Gasteiger partial charge on any atom is -0.378 e. The molecular formula is C15H22N2O2. The molecule has 4 nitrogen and oxygen atoms in total. The highest BCUT2D eigenvalue weighted by molar-refractivity contribution is 5.78. The molecule has 0 saturated carbocycles. The van der Waals surface area contributed by atoms with Crippen LogP contribution >= 0.6 is 0 Å². The maximum absolute atomic E-state index is 11.9. The first-order valence-electron chi connectivity index (χ1n) is 6.88. The number of nitrogens with one attached hydrogen (secondary N) is 1. The van der Waals surface area contributed by atoms with Crippen molar-refractivity contribution in [1.29, 1.82) is 0 Å². The van der Waals surface area contributed by atoms with Crippen LogP contribution in [0.25, 0.3) is 0 Å². The molecule has 1 heterocycles. The molecule has 0 radical (unpaired) electrons. The third-order valence-corrected chi connectivity index (χ3v) is 3.46. The maximum Gasteiger partial charge on any atom is 0.236 e. The van der Waals surface area contributed by atoms with Crippen molar-refractivity contribution in [2.75, 3.05) is 39.4 Å². The number of benzene rings is 1. The van der Waals surface area contributed by atoms with Gasteiger partial charge in [-0.2, -0.15) is 0 Å². The Bertz CT molecular complexity index is 388. The molecular weight excluding hydrogens is 240 g/mol. The largest absolute Gasteiger partial charge is 0.378 e. The average molecular weight is 262 g/mol. The van der Waals surface area contributed by atoms with E-state index in [-0.39, 0.29) is 5.91 Å². The Kier molecular flexibility index (Phi) is 5.36. The van der Waals surface area contributed by atoms with Crippen molar-refractivity contribution in [3.05, 3.63) is 35.9 Å². The van der Waals surface area contributed by atoms with E-state index in [0.29, 0.717) is 25.7 Å². The summed E-state index contributed by atoms with van der Waals surface area (Å²) in [5, 5.41) is 3.25. The van der Waals surface area contributed by atoms with Gasteiger partial charge >= 0.3 is 0 Å². The van der Waals surface area contributed by atoms with Crippen LogP contribution in [0.5, 0.6) is 0 Å². The third kappa shape index (κ3) is 4.33. The van der Waals surface area contributed by atoms with Gasteiger partial charge in [-0.1, -0.05) is 37.3 Å². The lowest BCUT2D eigenvalue weighted by Gasteiger charge is -2.27. The van der Waals surface area contributed by atoms with Gasteiger partial charge in [0, 0.05) is 19.6 Å². The smallest absolute Gasteiger partial charge is 0.236 e. The van der Waals surface area contributed by atoms with Gasteiger partial charge in [0.15, 0.2) is 0 Å². The van der Waals surface area contributed by atoms with Crippen molar-refractivity contribution >= 4 is 5.91 Å². The molecule has 1 unspecified atom stereocenters. The number of rotatable bonds is 5. The molecule has 1 aromatic rings. The molecule has 0 spiro atoms. The lowest BCUT2D eigenvalue weighted by molar-refractivity contribution is -0.134. The highest BCUT2D eigenvalue weighted by Gasteiger charge is 2.16. The van der Waals surface area contributed by atoms with Crippen molar-refractivity contribution in [3.63, 3.8) is 0 Å². The molecule has 1 fully saturated rings. The van der Waals surface area contributed by atoms with Gasteiger partial charge in [-0.3, -0.25) is 4.79 Å². The van der Waals surface area contributed by atoms with Crippen molar-refractivity contribution in [1.82, 2.24) is 10.2 Å². The normalized spacial score (nSPS) is 17.2. The van der Waals surface area contributed by atoms with Crippen LogP contribution in [0.4, 0.5) is 0 Å². The maximum atomic E-state index is 11.9. The number of hydrogen-bond acceptors (Lipinski definition) is 3. The van der Waals surface area contributed by atoms with Crippen LogP contribution in [0.15, 0.2) is 30.3 Å². The highest BCUT2D eigenvalue weighted by atomic mass is 16.5. The molecule has 2 rings (SSSR count). The Labute approximate surface area is 114 Å². The highest BCUT2D eigenvalue weighted by Crippen LogP contribution is 2.12. The standard InChI is InChI=1S/C15H22N2O2/c1-13(14-5-3-2-4-6-14)11-16-12-15(18)17-7-9-19-10-8-17/h2-6,13,16H,7-12H2,1H3. The van der Waals surface area contributed by atoms with Crippen LogP contribution < -0.4 is 5.32 Å². The number of carbonyl (C=O) groups is 1. The van der Waals surface area contributed by atoms with Crippen LogP contribution in [0.3, 0.4) is 0 Å². The van der Waals surface area contributed by atoms with E-state index in [1.807, 2.05) is 23.1 Å². The SMILES string of the molecule is CC(CNCC(=O)N1CCOCC1)c1ccccc1. The van der Waals surface area contributed by atoms with Gasteiger partial charge in [-0.05, 0) is 11.5 Å². The molecule has 1 aliphatic rings. The number of amides is 1. The summed E-state index contributed by atoms with van der Waals surface area (Å²) in [6, 6.07) is 10.4. The summed E-state index contributed by atoms with van der Waals surface area (Å²) >= 11 is 0. The summed E-state index contributed by atoms with van der Waals surface area (Å²) in [6.45, 7) is 6.15. The Hall–Kier alpha value is -1.39. The summed E-state index contributed by atoms with van der Waals surface area (Å²) in [4.78, 5) is 13.8. The van der Waals surface area contributed by atoms with Gasteiger partial charge in [0.1, 0.15) is 0 Å². The van der Waals surface area contributed by atoms with E-state index >= 15 is 0 Å². The second kappa shape index (κ2) is 7.26. The van der Waals surface area contributed by atoms with E-state index in [2.05, 4.69) is 24.4 Å². The minimum atomic E-state index is 0.170. The van der Waals surface area contributed by atoms with Gasteiger partial charge in [0.2, 0.25) is 5.91 Å². The van der Waals surface area contributed by atoms with Crippen LogP contribution in [-0.4, -0.2) is 50.2 Å². The first kappa shape index (κ1) is 14.0. The Morgan fingerprint density at radius 3 is 2.68 bits per heavy atom. The molecule has 0 aliphatic carbocycles. The number of hydrogen-bond donors (Lipinski definition) is 1. The monoisotopic (exact) mass is 262 g/mol. The third-order valence-electron chi connectivity index (χ3n) is 3.46. The first-order chi connectivity index (χ1) is 9.27. The Morgan fingerprint density at radius 2 is 2.00 bits per heavy atom. The fourth-order valence-corrected chi connectivity index (χ4v) is 2.22. The summed E-state index contributed by atoms with van der Waals surface area (Å²) in [6.07, 6.45) is 0. The molecule has 1 aliphatic heterocycles. The zero-order chi connectivity index (χ0) is 13.5. The van der Waals surface area contributed by atoms with E-state index < -0.39 is 0 Å². The van der Waals surface area contributed by atoms with E-state index in [0.717, 1.165) is 19.6 Å². The molecule has 1 saturated heterocycles. The molecule has 1 atom stereocenters. The molecule has 0 aromatic heterocycles. The molecule has 4 heteroatoms. The quantitative estimate of drug-likeness (QED) is 0.868. The van der Waals surface area contributed by atoms with Gasteiger partial charge in [-0.25, -0.2) is 0 Å². The predicted octanol–water partition coefficient (Wildman–Crippen LogP) is 1.24. The first-order valence-corrected chi connectivity index (χ1v) is 6.88. The lowest BCUT2D eigenvalue weighted by Crippen LogP contribution is -2.45. The molecule has 0 bridgehead atoms. The van der Waals surface area contributed by atoms with Gasteiger partial charge in [0.05, 0.1) is 19.8 Å². The van der Waals surface area contributed by atoms with Crippen LogP contribution in [0.1, 0.15) is 18.4 Å². The molecule has 1 N–H and O–H groups in total. The van der Waals surface area contributed by atoms with Crippen LogP contribution in [-0.2, 0) is 9.53 Å². The summed E-state index contributed by atoms with van der Waals surface area (Å²) in [7, 11) is 0. The zero-order valence-electron chi connectivity index (χ0n) is 11.5. The van der Waals surface area contributed by atoms with E-state index in [4.69, 9.17) is 4.74 Å². The molecule has 1 aromatic carbocycles. The Balaban J connectivity index is 1.69. The zero-order valence-corrected chi connectivity index (χ0v) is 11.5. The van der Waals surface area contributed by atoms with Gasteiger partial charge < -0.3 is 15.0 Å². The topological polar surface area (TPSA) is 41.6 Å². The molecule has 104 valence electrons. The van der Waals surface area contributed by atoms with Crippen molar-refractivity contribution in [3.8, 4) is 0 Å². The molecule has 1 amide bonds. The number of morpholine rings is 1. The van der Waals surface area contributed by atoms with Crippen LogP contribution in [0, 0.1) is 0 Å². The van der Waals surface area contributed by atoms with E-state index in [1.54, 1.807) is 0 Å². The molecule has 19 heavy (non-hydrogen) atoms. The predicted molar refractivity (Wildman–Crippen MR) is 75.1 cm³/mol. The lowest BCUT2D eigenvalue weighted by atomic mass is 10.0. The van der Waals surface area contributed by atoms with Gasteiger partial charge in [-0.15, -0.1) is 0 Å². The number of nitrogens with zero attached hydrogens (tertiary/aromatic N) is 1. The van der Waals surface area contributed by atoms with Crippen molar-refractivity contribution in [2.24, 2.45) is 0 Å².